The van der Waals surface area contributed by atoms with E-state index in [0.29, 0.717) is 5.92 Å². The number of hydrogen-bond acceptors (Lipinski definition) is 1. The summed E-state index contributed by atoms with van der Waals surface area (Å²) >= 11 is 0. The van der Waals surface area contributed by atoms with Gasteiger partial charge in [0.1, 0.15) is 5.75 Å². The molecule has 1 aliphatic carbocycles. The molecule has 1 aromatic carbocycles. The van der Waals surface area contributed by atoms with E-state index in [0.717, 1.165) is 30.3 Å². The lowest BCUT2D eigenvalue weighted by Gasteiger charge is -2.25. The Balaban J connectivity index is 1.61. The molecule has 0 saturated heterocycles. The van der Waals surface area contributed by atoms with Gasteiger partial charge in [-0.3, -0.25) is 0 Å². The average Bonchev–Trinajstić information content (AvgIpc) is 2.83. The first-order chi connectivity index (χ1) is 15.8. The van der Waals surface area contributed by atoms with Crippen LogP contribution in [0.2, 0.25) is 0 Å². The molecule has 0 bridgehead atoms. The van der Waals surface area contributed by atoms with Gasteiger partial charge < -0.3 is 4.74 Å². The van der Waals surface area contributed by atoms with E-state index in [1.54, 1.807) is 0 Å². The monoisotopic (exact) mass is 432 g/mol. The highest BCUT2D eigenvalue weighted by Crippen LogP contribution is 2.31. The van der Waals surface area contributed by atoms with Gasteiger partial charge in [0.15, 0.2) is 0 Å². The van der Waals surface area contributed by atoms with Gasteiger partial charge in [-0.25, -0.2) is 0 Å². The molecule has 1 saturated carbocycles. The van der Waals surface area contributed by atoms with Crippen LogP contribution in [-0.4, -0.2) is 6.61 Å². The van der Waals surface area contributed by atoms with Crippen molar-refractivity contribution < 1.29 is 4.74 Å². The van der Waals surface area contributed by atoms with Crippen molar-refractivity contribution in [3.8, 4) is 29.4 Å². The third kappa shape index (κ3) is 12.1. The summed E-state index contributed by atoms with van der Waals surface area (Å²) in [6, 6.07) is 8.08. The molecule has 1 aliphatic rings. The zero-order valence-corrected chi connectivity index (χ0v) is 20.6. The number of hydrogen-bond donors (Lipinski definition) is 0. The van der Waals surface area contributed by atoms with Crippen LogP contribution in [0.5, 0.6) is 5.75 Å². The minimum atomic E-state index is 0.582. The lowest BCUT2D eigenvalue weighted by Crippen LogP contribution is -2.13. The Morgan fingerprint density at radius 3 is 2.16 bits per heavy atom. The number of benzene rings is 1. The Bertz CT molecular complexity index is 742. The fourth-order valence-corrected chi connectivity index (χ4v) is 4.36. The normalized spacial score (nSPS) is 17.9. The van der Waals surface area contributed by atoms with Crippen molar-refractivity contribution in [3.05, 3.63) is 42.0 Å². The van der Waals surface area contributed by atoms with E-state index in [4.69, 9.17) is 4.74 Å². The van der Waals surface area contributed by atoms with E-state index in [9.17, 15) is 0 Å². The number of unbranched alkanes of at least 4 members (excludes halogenated alkanes) is 7. The summed E-state index contributed by atoms with van der Waals surface area (Å²) in [7, 11) is 0. The molecule has 0 aromatic heterocycles. The first kappa shape index (κ1) is 26.1. The summed E-state index contributed by atoms with van der Waals surface area (Å²) < 4.78 is 5.81. The van der Waals surface area contributed by atoms with Crippen molar-refractivity contribution in [2.45, 2.75) is 104 Å². The number of allylic oxidation sites excluding steroid dienone is 2. The van der Waals surface area contributed by atoms with Crippen molar-refractivity contribution in [1.29, 1.82) is 0 Å². The van der Waals surface area contributed by atoms with E-state index >= 15 is 0 Å². The molecule has 0 atom stereocenters. The molecular formula is C31H44O. The van der Waals surface area contributed by atoms with E-state index in [1.165, 1.54) is 83.5 Å². The van der Waals surface area contributed by atoms with Gasteiger partial charge in [0.05, 0.1) is 6.61 Å². The van der Waals surface area contributed by atoms with Crippen molar-refractivity contribution in [3.63, 3.8) is 0 Å². The third-order valence-electron chi connectivity index (χ3n) is 6.44. The van der Waals surface area contributed by atoms with E-state index in [1.807, 2.05) is 36.4 Å². The summed E-state index contributed by atoms with van der Waals surface area (Å²) in [5.74, 6) is 15.4. The van der Waals surface area contributed by atoms with Gasteiger partial charge >= 0.3 is 0 Å². The Morgan fingerprint density at radius 1 is 0.781 bits per heavy atom. The lowest BCUT2D eigenvalue weighted by molar-refractivity contribution is 0.294. The summed E-state index contributed by atoms with van der Waals surface area (Å²) in [6.07, 6.45) is 22.4. The van der Waals surface area contributed by atoms with Gasteiger partial charge in [0.25, 0.3) is 0 Å². The number of rotatable bonds is 12. The first-order valence-electron chi connectivity index (χ1n) is 13.2. The van der Waals surface area contributed by atoms with Gasteiger partial charge in [0, 0.05) is 11.5 Å². The molecule has 1 fully saturated rings. The molecule has 1 heteroatoms. The highest BCUT2D eigenvalue weighted by molar-refractivity contribution is 5.40. The van der Waals surface area contributed by atoms with Gasteiger partial charge in [-0.2, -0.15) is 0 Å². The SMILES string of the molecule is CCCCCCCOc1ccc(C#C/C=C/C#C[C@H]2CC[C@H](CCCCCC)CC2)cc1. The van der Waals surface area contributed by atoms with Crippen molar-refractivity contribution in [2.75, 3.05) is 6.61 Å². The number of ether oxygens (including phenoxy) is 1. The van der Waals surface area contributed by atoms with Gasteiger partial charge in [-0.1, -0.05) is 95.3 Å². The van der Waals surface area contributed by atoms with E-state index in [2.05, 4.69) is 37.5 Å². The minimum absolute atomic E-state index is 0.582. The van der Waals surface area contributed by atoms with Crippen LogP contribution in [-0.2, 0) is 0 Å². The molecule has 0 unspecified atom stereocenters. The van der Waals surface area contributed by atoms with E-state index in [-0.39, 0.29) is 0 Å². The fourth-order valence-electron chi connectivity index (χ4n) is 4.36. The smallest absolute Gasteiger partial charge is 0.119 e. The molecule has 2 rings (SSSR count). The Hall–Kier alpha value is -2.12. The van der Waals surface area contributed by atoms with E-state index < -0.39 is 0 Å². The maximum atomic E-state index is 5.81. The second-order valence-corrected chi connectivity index (χ2v) is 9.25. The highest BCUT2D eigenvalue weighted by atomic mass is 16.5. The predicted molar refractivity (Wildman–Crippen MR) is 139 cm³/mol. The molecule has 0 amide bonds. The van der Waals surface area contributed by atoms with Crippen molar-refractivity contribution >= 4 is 0 Å². The van der Waals surface area contributed by atoms with Crippen LogP contribution in [0.3, 0.4) is 0 Å². The van der Waals surface area contributed by atoms with Crippen LogP contribution in [0.25, 0.3) is 0 Å². The van der Waals surface area contributed by atoms with Crippen LogP contribution in [0.1, 0.15) is 109 Å². The molecule has 0 aliphatic heterocycles. The molecule has 0 heterocycles. The second-order valence-electron chi connectivity index (χ2n) is 9.25. The molecule has 32 heavy (non-hydrogen) atoms. The summed E-state index contributed by atoms with van der Waals surface area (Å²) in [4.78, 5) is 0. The Labute approximate surface area is 198 Å². The quantitative estimate of drug-likeness (QED) is 0.237. The summed E-state index contributed by atoms with van der Waals surface area (Å²) in [5, 5.41) is 0. The lowest BCUT2D eigenvalue weighted by atomic mass is 9.80. The predicted octanol–water partition coefficient (Wildman–Crippen LogP) is 8.72. The molecular weight excluding hydrogens is 388 g/mol. The molecule has 1 aromatic rings. The zero-order chi connectivity index (χ0) is 22.7. The van der Waals surface area contributed by atoms with Crippen molar-refractivity contribution in [1.82, 2.24) is 0 Å². The van der Waals surface area contributed by atoms with Crippen LogP contribution in [0.4, 0.5) is 0 Å². The summed E-state index contributed by atoms with van der Waals surface area (Å²) in [5.41, 5.74) is 1.01. The third-order valence-corrected chi connectivity index (χ3v) is 6.44. The fraction of sp³-hybridized carbons (Fsp3) is 0.613. The zero-order valence-electron chi connectivity index (χ0n) is 20.6. The van der Waals surface area contributed by atoms with Gasteiger partial charge in [-0.05, 0) is 74.4 Å². The summed E-state index contributed by atoms with van der Waals surface area (Å²) in [6.45, 7) is 5.33. The van der Waals surface area contributed by atoms with Gasteiger partial charge in [0.2, 0.25) is 0 Å². The average molecular weight is 433 g/mol. The van der Waals surface area contributed by atoms with Crippen LogP contribution < -0.4 is 4.74 Å². The maximum absolute atomic E-state index is 5.81. The Morgan fingerprint density at radius 2 is 1.44 bits per heavy atom. The highest BCUT2D eigenvalue weighted by Gasteiger charge is 2.19. The molecule has 1 nitrogen and oxygen atoms in total. The van der Waals surface area contributed by atoms with Crippen LogP contribution in [0, 0.1) is 35.5 Å². The topological polar surface area (TPSA) is 9.23 Å². The maximum Gasteiger partial charge on any atom is 0.119 e. The first-order valence-corrected chi connectivity index (χ1v) is 13.2. The molecule has 0 radical (unpaired) electrons. The van der Waals surface area contributed by atoms with Crippen LogP contribution in [0.15, 0.2) is 36.4 Å². The van der Waals surface area contributed by atoms with Crippen molar-refractivity contribution in [2.24, 2.45) is 11.8 Å². The standard InChI is InChI=1S/C31H44O/c1-3-5-7-11-15-27-32-31-25-23-30(24-26-31)18-14-10-9-13-17-29-21-19-28(20-22-29)16-12-8-6-4-2/h9-10,23-26,28-29H,3-8,11-12,15-16,19-22,27H2,1-2H3/b10-9+/t28-,29-. The minimum Gasteiger partial charge on any atom is -0.494 e. The second kappa shape index (κ2) is 17.4. The van der Waals surface area contributed by atoms with Crippen LogP contribution >= 0.6 is 0 Å². The Kier molecular flexibility index (Phi) is 14.2. The molecule has 0 N–H and O–H groups in total. The molecule has 0 spiro atoms. The van der Waals surface area contributed by atoms with Gasteiger partial charge in [-0.15, -0.1) is 0 Å². The largest absolute Gasteiger partial charge is 0.494 e. The molecule has 174 valence electrons.